The van der Waals surface area contributed by atoms with Crippen molar-refractivity contribution >= 4 is 12.0 Å². The van der Waals surface area contributed by atoms with Crippen molar-refractivity contribution < 1.29 is 32.2 Å². The number of hydrogen-bond acceptors (Lipinski definition) is 6. The van der Waals surface area contributed by atoms with Crippen molar-refractivity contribution in [2.24, 2.45) is 0 Å². The summed E-state index contributed by atoms with van der Waals surface area (Å²) < 4.78 is 51.5. The van der Waals surface area contributed by atoms with E-state index in [0.717, 1.165) is 18.4 Å². The average molecular weight is 524 g/mol. The van der Waals surface area contributed by atoms with Crippen LogP contribution in [0.1, 0.15) is 37.9 Å². The summed E-state index contributed by atoms with van der Waals surface area (Å²) in [4.78, 5) is 31.3. The minimum absolute atomic E-state index is 0.0260. The molecule has 0 unspecified atom stereocenters. The number of methoxy groups -OCH3 is 1. The number of carbonyl (C=O) groups excluding carboxylic acids is 2. The highest BCUT2D eigenvalue weighted by molar-refractivity contribution is 5.82. The van der Waals surface area contributed by atoms with Crippen LogP contribution in [0.3, 0.4) is 0 Å². The monoisotopic (exact) mass is 523 g/mol. The normalized spacial score (nSPS) is 20.8. The van der Waals surface area contributed by atoms with Gasteiger partial charge in [-0.1, -0.05) is 30.3 Å². The number of benzene rings is 1. The Kier molecular flexibility index (Phi) is 8.38. The van der Waals surface area contributed by atoms with Gasteiger partial charge in [0.1, 0.15) is 11.9 Å². The Bertz CT molecular complexity index is 1070. The molecule has 1 aliphatic carbocycles. The molecule has 37 heavy (non-hydrogen) atoms. The zero-order chi connectivity index (χ0) is 26.6. The first kappa shape index (κ1) is 26.9. The van der Waals surface area contributed by atoms with E-state index in [1.54, 1.807) is 4.90 Å². The molecule has 202 valence electrons. The third-order valence-electron chi connectivity index (χ3n) is 6.53. The van der Waals surface area contributed by atoms with Crippen molar-refractivity contribution in [3.8, 4) is 11.4 Å². The molecule has 12 heteroatoms. The van der Waals surface area contributed by atoms with Crippen molar-refractivity contribution in [2.75, 3.05) is 26.7 Å². The van der Waals surface area contributed by atoms with Gasteiger partial charge >= 0.3 is 12.3 Å². The predicted molar refractivity (Wildman–Crippen MR) is 129 cm³/mol. The Morgan fingerprint density at radius 3 is 2.65 bits per heavy atom. The molecule has 2 heterocycles. The van der Waals surface area contributed by atoms with Gasteiger partial charge in [-0.3, -0.25) is 4.79 Å². The van der Waals surface area contributed by atoms with Crippen LogP contribution in [0, 0.1) is 0 Å². The molecular formula is C25H32F3N5O4. The van der Waals surface area contributed by atoms with E-state index in [2.05, 4.69) is 15.4 Å². The van der Waals surface area contributed by atoms with E-state index in [0.29, 0.717) is 31.0 Å². The number of carbonyl (C=O) groups is 2. The third kappa shape index (κ3) is 6.61. The fraction of sp³-hybridized carbons (Fsp3) is 0.560. The van der Waals surface area contributed by atoms with E-state index >= 15 is 0 Å². The Morgan fingerprint density at radius 1 is 1.27 bits per heavy atom. The quantitative estimate of drug-likeness (QED) is 0.490. The number of halogens is 3. The van der Waals surface area contributed by atoms with Gasteiger partial charge in [-0.05, 0) is 26.2 Å². The largest absolute Gasteiger partial charge is 0.453 e. The number of amides is 2. The van der Waals surface area contributed by atoms with Crippen molar-refractivity contribution in [1.82, 2.24) is 25.1 Å². The summed E-state index contributed by atoms with van der Waals surface area (Å²) in [6.45, 7) is 2.45. The summed E-state index contributed by atoms with van der Waals surface area (Å²) >= 11 is 0. The molecule has 3 atom stereocenters. The second-order valence-corrected chi connectivity index (χ2v) is 9.29. The van der Waals surface area contributed by atoms with E-state index in [9.17, 15) is 22.8 Å². The lowest BCUT2D eigenvalue weighted by atomic mass is 10.1. The number of imidazole rings is 1. The summed E-state index contributed by atoms with van der Waals surface area (Å²) in [5.74, 6) is 0.242. The molecule has 1 saturated carbocycles. The topological polar surface area (TPSA) is 97.7 Å². The molecule has 2 aliphatic rings. The second-order valence-electron chi connectivity index (χ2n) is 9.29. The Hall–Kier alpha value is -3.12. The van der Waals surface area contributed by atoms with Gasteiger partial charge in [0.05, 0.1) is 18.8 Å². The van der Waals surface area contributed by atoms with Gasteiger partial charge in [0.25, 0.3) is 5.91 Å². The van der Waals surface area contributed by atoms with Gasteiger partial charge in [-0.2, -0.15) is 13.2 Å². The van der Waals surface area contributed by atoms with Crippen LogP contribution in [0.4, 0.5) is 18.0 Å². The Labute approximate surface area is 213 Å². The lowest BCUT2D eigenvalue weighted by Gasteiger charge is -2.36. The van der Waals surface area contributed by atoms with E-state index in [1.165, 1.54) is 7.11 Å². The van der Waals surface area contributed by atoms with Gasteiger partial charge in [0, 0.05) is 44.0 Å². The number of aryl methyl sites for hydroxylation is 1. The number of alkyl carbamates (subject to hydrolysis) is 1. The maximum Gasteiger partial charge on any atom is 0.415 e. The molecule has 2 aromatic rings. The lowest BCUT2D eigenvalue weighted by molar-refractivity contribution is -0.239. The molecule has 0 bridgehead atoms. The number of hydrogen-bond donors (Lipinski definition) is 2. The first-order valence-corrected chi connectivity index (χ1v) is 12.4. The van der Waals surface area contributed by atoms with Crippen LogP contribution in [-0.4, -0.2) is 77.6 Å². The molecule has 9 nitrogen and oxygen atoms in total. The molecule has 0 spiro atoms. The summed E-state index contributed by atoms with van der Waals surface area (Å²) in [5.41, 5.74) is 1.52. The summed E-state index contributed by atoms with van der Waals surface area (Å²) in [7, 11) is 1.30. The molecule has 1 aliphatic heterocycles. The molecule has 2 N–H and O–H groups in total. The van der Waals surface area contributed by atoms with Gasteiger partial charge in [0.15, 0.2) is 6.10 Å². The van der Waals surface area contributed by atoms with E-state index in [1.807, 2.05) is 48.0 Å². The first-order valence-electron chi connectivity index (χ1n) is 12.4. The number of nitrogens with zero attached hydrogens (tertiary/aromatic N) is 3. The molecule has 2 amide bonds. The summed E-state index contributed by atoms with van der Waals surface area (Å²) in [6, 6.07) is 9.05. The van der Waals surface area contributed by atoms with Crippen molar-refractivity contribution in [3.63, 3.8) is 0 Å². The van der Waals surface area contributed by atoms with E-state index < -0.39 is 36.4 Å². The number of morpholine rings is 1. The van der Waals surface area contributed by atoms with Crippen molar-refractivity contribution in [1.29, 1.82) is 0 Å². The van der Waals surface area contributed by atoms with Crippen LogP contribution in [-0.2, 0) is 20.8 Å². The van der Waals surface area contributed by atoms with E-state index in [-0.39, 0.29) is 19.1 Å². The van der Waals surface area contributed by atoms with Gasteiger partial charge in [0.2, 0.25) is 0 Å². The van der Waals surface area contributed by atoms with Gasteiger partial charge < -0.3 is 29.6 Å². The second kappa shape index (κ2) is 11.5. The molecule has 1 aromatic carbocycles. The number of alkyl halides is 3. The fourth-order valence-electron chi connectivity index (χ4n) is 4.46. The maximum absolute atomic E-state index is 13.4. The zero-order valence-corrected chi connectivity index (χ0v) is 20.8. The van der Waals surface area contributed by atoms with Crippen LogP contribution >= 0.6 is 0 Å². The lowest BCUT2D eigenvalue weighted by Crippen LogP contribution is -2.56. The summed E-state index contributed by atoms with van der Waals surface area (Å²) in [5, 5.41) is 5.34. The van der Waals surface area contributed by atoms with Crippen LogP contribution in [0.2, 0.25) is 0 Å². The fourth-order valence-corrected chi connectivity index (χ4v) is 4.46. The highest BCUT2D eigenvalue weighted by Crippen LogP contribution is 2.36. The third-order valence-corrected chi connectivity index (χ3v) is 6.53. The van der Waals surface area contributed by atoms with Crippen LogP contribution in [0.15, 0.2) is 36.5 Å². The molecule has 1 saturated heterocycles. The van der Waals surface area contributed by atoms with Crippen LogP contribution < -0.4 is 10.6 Å². The standard InChI is InChI=1S/C25H32F3N5O4/c1-16(33(18-9-10-18)23(34)20-13-29-14-21(37-20)25(26,27)28)19-15-32(12-6-11-30-24(35)36-2)22(31-19)17-7-4-3-5-8-17/h3-5,7-8,15-16,18,20-21,29H,6,9-14H2,1-2H3,(H,30,35)/t16-,20-,21+/m1/s1. The number of ether oxygens (including phenoxy) is 2. The van der Waals surface area contributed by atoms with Crippen LogP contribution in [0.25, 0.3) is 11.4 Å². The molecular weight excluding hydrogens is 491 g/mol. The Morgan fingerprint density at radius 2 is 2.00 bits per heavy atom. The zero-order valence-electron chi connectivity index (χ0n) is 20.8. The van der Waals surface area contributed by atoms with Gasteiger partial charge in [-0.25, -0.2) is 9.78 Å². The average Bonchev–Trinajstić information content (AvgIpc) is 3.64. The molecule has 1 aromatic heterocycles. The number of aromatic nitrogens is 2. The number of rotatable bonds is 9. The first-order chi connectivity index (χ1) is 17.7. The highest BCUT2D eigenvalue weighted by Gasteiger charge is 2.47. The molecule has 2 fully saturated rings. The molecule has 0 radical (unpaired) electrons. The smallest absolute Gasteiger partial charge is 0.415 e. The minimum Gasteiger partial charge on any atom is -0.453 e. The predicted octanol–water partition coefficient (Wildman–Crippen LogP) is 3.27. The summed E-state index contributed by atoms with van der Waals surface area (Å²) in [6.07, 6.45) is -4.24. The van der Waals surface area contributed by atoms with Gasteiger partial charge in [-0.15, -0.1) is 0 Å². The SMILES string of the molecule is COC(=O)NCCCn1cc([C@@H](C)N(C(=O)[C@H]2CNC[C@@H](C(F)(F)F)O2)C2CC2)nc1-c1ccccc1. The van der Waals surface area contributed by atoms with Crippen LogP contribution in [0.5, 0.6) is 0 Å². The van der Waals surface area contributed by atoms with E-state index in [4.69, 9.17) is 9.72 Å². The molecule has 4 rings (SSSR count). The minimum atomic E-state index is -4.55. The maximum atomic E-state index is 13.4. The van der Waals surface area contributed by atoms with Crippen molar-refractivity contribution in [3.05, 3.63) is 42.2 Å². The highest BCUT2D eigenvalue weighted by atomic mass is 19.4. The van der Waals surface area contributed by atoms with Crippen molar-refractivity contribution in [2.45, 2.75) is 63.2 Å². The number of nitrogens with one attached hydrogen (secondary N) is 2. The Balaban J connectivity index is 1.54.